The van der Waals surface area contributed by atoms with Gasteiger partial charge in [0.2, 0.25) is 0 Å². The molecule has 0 aromatic heterocycles. The number of amides is 1. The van der Waals surface area contributed by atoms with Gasteiger partial charge in [0.15, 0.2) is 0 Å². The maximum Gasteiger partial charge on any atom is 0.253 e. The standard InChI is InChI=1S/C15H23N3O/c16-14-8-3-2-7-13(14)15(19)17-9-6-12-18-10-4-1-5-11-18/h2-3,7-8H,1,4-6,9-12,16H2,(H,17,19). The number of para-hydroxylation sites is 1. The molecular formula is C15H23N3O. The highest BCUT2D eigenvalue weighted by Gasteiger charge is 2.10. The number of hydrogen-bond donors (Lipinski definition) is 2. The Hall–Kier alpha value is -1.55. The van der Waals surface area contributed by atoms with E-state index in [1.165, 1.54) is 32.4 Å². The fraction of sp³-hybridized carbons (Fsp3) is 0.533. The Labute approximate surface area is 115 Å². The van der Waals surface area contributed by atoms with E-state index >= 15 is 0 Å². The molecule has 0 atom stereocenters. The van der Waals surface area contributed by atoms with Crippen molar-refractivity contribution in [3.05, 3.63) is 29.8 Å². The summed E-state index contributed by atoms with van der Waals surface area (Å²) in [5.74, 6) is -0.0725. The van der Waals surface area contributed by atoms with E-state index in [0.29, 0.717) is 17.8 Å². The summed E-state index contributed by atoms with van der Waals surface area (Å²) in [7, 11) is 0. The number of nitrogens with one attached hydrogen (secondary N) is 1. The van der Waals surface area contributed by atoms with Crippen LogP contribution in [-0.4, -0.2) is 37.0 Å². The molecule has 3 N–H and O–H groups in total. The first-order valence-corrected chi connectivity index (χ1v) is 7.12. The Morgan fingerprint density at radius 1 is 1.21 bits per heavy atom. The van der Waals surface area contributed by atoms with Crippen LogP contribution >= 0.6 is 0 Å². The second-order valence-electron chi connectivity index (χ2n) is 5.10. The molecule has 1 aromatic carbocycles. The molecule has 4 nitrogen and oxygen atoms in total. The van der Waals surface area contributed by atoms with Gasteiger partial charge in [-0.2, -0.15) is 0 Å². The van der Waals surface area contributed by atoms with E-state index in [9.17, 15) is 4.79 Å². The third-order valence-corrected chi connectivity index (χ3v) is 3.59. The van der Waals surface area contributed by atoms with Gasteiger partial charge in [-0.25, -0.2) is 0 Å². The number of likely N-dealkylation sites (tertiary alicyclic amines) is 1. The van der Waals surface area contributed by atoms with Gasteiger partial charge < -0.3 is 16.0 Å². The average molecular weight is 261 g/mol. The Morgan fingerprint density at radius 3 is 2.68 bits per heavy atom. The van der Waals surface area contributed by atoms with Crippen LogP contribution in [0.5, 0.6) is 0 Å². The molecule has 1 amide bonds. The van der Waals surface area contributed by atoms with E-state index in [0.717, 1.165) is 13.0 Å². The number of benzene rings is 1. The number of nitrogens with two attached hydrogens (primary N) is 1. The van der Waals surface area contributed by atoms with Crippen molar-refractivity contribution in [2.75, 3.05) is 31.9 Å². The van der Waals surface area contributed by atoms with Gasteiger partial charge in [0.25, 0.3) is 5.91 Å². The number of hydrogen-bond acceptors (Lipinski definition) is 3. The van der Waals surface area contributed by atoms with Gasteiger partial charge in [-0.15, -0.1) is 0 Å². The predicted octanol–water partition coefficient (Wildman–Crippen LogP) is 1.87. The lowest BCUT2D eigenvalue weighted by Crippen LogP contribution is -2.33. The first kappa shape index (κ1) is 13.9. The second-order valence-corrected chi connectivity index (χ2v) is 5.10. The normalized spacial score (nSPS) is 16.2. The summed E-state index contributed by atoms with van der Waals surface area (Å²) < 4.78 is 0. The lowest BCUT2D eigenvalue weighted by molar-refractivity contribution is 0.0952. The van der Waals surface area contributed by atoms with Gasteiger partial charge in [-0.3, -0.25) is 4.79 Å². The minimum Gasteiger partial charge on any atom is -0.398 e. The van der Waals surface area contributed by atoms with Crippen molar-refractivity contribution in [1.82, 2.24) is 10.2 Å². The zero-order chi connectivity index (χ0) is 13.5. The van der Waals surface area contributed by atoms with Gasteiger partial charge >= 0.3 is 0 Å². The molecule has 2 rings (SSSR count). The van der Waals surface area contributed by atoms with E-state index < -0.39 is 0 Å². The van der Waals surface area contributed by atoms with Crippen LogP contribution in [0.25, 0.3) is 0 Å². The first-order chi connectivity index (χ1) is 9.27. The highest BCUT2D eigenvalue weighted by molar-refractivity contribution is 5.98. The van der Waals surface area contributed by atoms with Crippen LogP contribution in [0.4, 0.5) is 5.69 Å². The monoisotopic (exact) mass is 261 g/mol. The number of carbonyl (C=O) groups excluding carboxylic acids is 1. The van der Waals surface area contributed by atoms with Crippen molar-refractivity contribution in [3.8, 4) is 0 Å². The van der Waals surface area contributed by atoms with E-state index in [-0.39, 0.29) is 5.91 Å². The van der Waals surface area contributed by atoms with Crippen LogP contribution in [0.15, 0.2) is 24.3 Å². The molecule has 0 radical (unpaired) electrons. The van der Waals surface area contributed by atoms with Gasteiger partial charge in [0.05, 0.1) is 5.56 Å². The number of nitrogen functional groups attached to an aromatic ring is 1. The van der Waals surface area contributed by atoms with Crippen molar-refractivity contribution in [3.63, 3.8) is 0 Å². The van der Waals surface area contributed by atoms with Crippen molar-refractivity contribution < 1.29 is 4.79 Å². The fourth-order valence-electron chi connectivity index (χ4n) is 2.49. The molecule has 1 aliphatic heterocycles. The third-order valence-electron chi connectivity index (χ3n) is 3.59. The molecule has 104 valence electrons. The van der Waals surface area contributed by atoms with Crippen molar-refractivity contribution in [2.45, 2.75) is 25.7 Å². The smallest absolute Gasteiger partial charge is 0.253 e. The summed E-state index contributed by atoms with van der Waals surface area (Å²) in [6, 6.07) is 7.18. The zero-order valence-corrected chi connectivity index (χ0v) is 11.4. The topological polar surface area (TPSA) is 58.4 Å². The van der Waals surface area contributed by atoms with E-state index in [4.69, 9.17) is 5.73 Å². The highest BCUT2D eigenvalue weighted by atomic mass is 16.1. The van der Waals surface area contributed by atoms with Gasteiger partial charge in [0.1, 0.15) is 0 Å². The minimum absolute atomic E-state index is 0.0725. The van der Waals surface area contributed by atoms with Gasteiger partial charge in [-0.1, -0.05) is 18.6 Å². The summed E-state index contributed by atoms with van der Waals surface area (Å²) in [6.45, 7) is 4.20. The summed E-state index contributed by atoms with van der Waals surface area (Å²) in [5, 5.41) is 2.93. The van der Waals surface area contributed by atoms with Crippen LogP contribution in [0.1, 0.15) is 36.0 Å². The molecule has 0 bridgehead atoms. The molecule has 1 saturated heterocycles. The Kier molecular flexibility index (Phi) is 5.21. The van der Waals surface area contributed by atoms with Crippen molar-refractivity contribution >= 4 is 11.6 Å². The molecule has 4 heteroatoms. The van der Waals surface area contributed by atoms with Crippen molar-refractivity contribution in [1.29, 1.82) is 0 Å². The lowest BCUT2D eigenvalue weighted by atomic mass is 10.1. The van der Waals surface area contributed by atoms with Crippen LogP contribution in [0, 0.1) is 0 Å². The van der Waals surface area contributed by atoms with E-state index in [1.54, 1.807) is 12.1 Å². The quantitative estimate of drug-likeness (QED) is 0.628. The highest BCUT2D eigenvalue weighted by Crippen LogP contribution is 2.10. The fourth-order valence-corrected chi connectivity index (χ4v) is 2.49. The minimum atomic E-state index is -0.0725. The number of rotatable bonds is 5. The number of piperidine rings is 1. The Morgan fingerprint density at radius 2 is 1.95 bits per heavy atom. The Balaban J connectivity index is 1.68. The summed E-state index contributed by atoms with van der Waals surface area (Å²) >= 11 is 0. The van der Waals surface area contributed by atoms with Gasteiger partial charge in [0, 0.05) is 12.2 Å². The van der Waals surface area contributed by atoms with Crippen LogP contribution < -0.4 is 11.1 Å². The molecular weight excluding hydrogens is 238 g/mol. The maximum absolute atomic E-state index is 11.9. The Bertz CT molecular complexity index is 414. The van der Waals surface area contributed by atoms with Crippen LogP contribution in [0.3, 0.4) is 0 Å². The second kappa shape index (κ2) is 7.14. The number of carbonyl (C=O) groups is 1. The molecule has 1 fully saturated rings. The molecule has 19 heavy (non-hydrogen) atoms. The molecule has 1 heterocycles. The largest absolute Gasteiger partial charge is 0.398 e. The molecule has 0 saturated carbocycles. The number of anilines is 1. The van der Waals surface area contributed by atoms with E-state index in [1.807, 2.05) is 12.1 Å². The van der Waals surface area contributed by atoms with E-state index in [2.05, 4.69) is 10.2 Å². The molecule has 0 spiro atoms. The summed E-state index contributed by atoms with van der Waals surface area (Å²) in [4.78, 5) is 14.4. The third kappa shape index (κ3) is 4.24. The number of nitrogens with zero attached hydrogens (tertiary/aromatic N) is 1. The summed E-state index contributed by atoms with van der Waals surface area (Å²) in [5.41, 5.74) is 6.88. The maximum atomic E-state index is 11.9. The molecule has 1 aliphatic rings. The van der Waals surface area contributed by atoms with Gasteiger partial charge in [-0.05, 0) is 51.0 Å². The zero-order valence-electron chi connectivity index (χ0n) is 11.4. The van der Waals surface area contributed by atoms with Crippen LogP contribution in [-0.2, 0) is 0 Å². The average Bonchev–Trinajstić information content (AvgIpc) is 2.45. The summed E-state index contributed by atoms with van der Waals surface area (Å²) in [6.07, 6.45) is 4.98. The van der Waals surface area contributed by atoms with Crippen LogP contribution in [0.2, 0.25) is 0 Å². The molecule has 1 aromatic rings. The SMILES string of the molecule is Nc1ccccc1C(=O)NCCCN1CCCCC1. The van der Waals surface area contributed by atoms with Crippen molar-refractivity contribution in [2.24, 2.45) is 0 Å². The predicted molar refractivity (Wildman–Crippen MR) is 78.1 cm³/mol. The lowest BCUT2D eigenvalue weighted by Gasteiger charge is -2.26. The molecule has 0 unspecified atom stereocenters. The molecule has 0 aliphatic carbocycles. The first-order valence-electron chi connectivity index (χ1n) is 7.12.